The quantitative estimate of drug-likeness (QED) is 0.842. The highest BCUT2D eigenvalue weighted by molar-refractivity contribution is 5.85. The lowest BCUT2D eigenvalue weighted by molar-refractivity contribution is 0.112. The summed E-state index contributed by atoms with van der Waals surface area (Å²) in [6.07, 6.45) is 2.76. The Morgan fingerprint density at radius 1 is 1.28 bits per heavy atom. The fraction of sp³-hybridized carbons (Fsp3) is 0.231. The van der Waals surface area contributed by atoms with Crippen molar-refractivity contribution in [2.45, 2.75) is 13.1 Å². The van der Waals surface area contributed by atoms with Crippen molar-refractivity contribution < 1.29 is 4.79 Å². The molecule has 5 heteroatoms. The third-order valence-electron chi connectivity index (χ3n) is 3.08. The van der Waals surface area contributed by atoms with Crippen molar-refractivity contribution in [3.8, 4) is 11.3 Å². The fourth-order valence-corrected chi connectivity index (χ4v) is 2.16. The number of fused-ring (bicyclic) bond motifs is 1. The molecule has 94 valence electrons. The molecule has 18 heavy (non-hydrogen) atoms. The molecule has 1 aliphatic rings. The van der Waals surface area contributed by atoms with Gasteiger partial charge in [0.25, 0.3) is 0 Å². The summed E-state index contributed by atoms with van der Waals surface area (Å²) in [5.41, 5.74) is 2.93. The van der Waals surface area contributed by atoms with Gasteiger partial charge in [-0.3, -0.25) is 4.79 Å². The number of aromatic nitrogens is 2. The van der Waals surface area contributed by atoms with Crippen LogP contribution >= 0.6 is 12.4 Å². The van der Waals surface area contributed by atoms with Gasteiger partial charge in [-0.15, -0.1) is 12.4 Å². The molecule has 0 saturated heterocycles. The van der Waals surface area contributed by atoms with Crippen LogP contribution in [-0.4, -0.2) is 22.4 Å². The second kappa shape index (κ2) is 5.33. The average Bonchev–Trinajstić information content (AvgIpc) is 2.83. The number of benzene rings is 1. The zero-order chi connectivity index (χ0) is 11.7. The zero-order valence-electron chi connectivity index (χ0n) is 9.80. The van der Waals surface area contributed by atoms with Gasteiger partial charge in [-0.05, 0) is 5.56 Å². The van der Waals surface area contributed by atoms with Gasteiger partial charge in [0.15, 0.2) is 0 Å². The van der Waals surface area contributed by atoms with Crippen molar-refractivity contribution >= 4 is 18.7 Å². The Bertz CT molecular complexity index is 548. The highest BCUT2D eigenvalue weighted by atomic mass is 35.5. The molecule has 3 rings (SSSR count). The maximum absolute atomic E-state index is 10.6. The van der Waals surface area contributed by atoms with E-state index < -0.39 is 0 Å². The molecule has 1 aromatic heterocycles. The third kappa shape index (κ3) is 2.17. The van der Waals surface area contributed by atoms with Crippen LogP contribution in [0.2, 0.25) is 0 Å². The van der Waals surface area contributed by atoms with Gasteiger partial charge in [-0.25, -0.2) is 4.98 Å². The average molecular weight is 264 g/mol. The molecule has 4 nitrogen and oxygen atoms in total. The number of imidazole rings is 1. The predicted molar refractivity (Wildman–Crippen MR) is 72.0 cm³/mol. The van der Waals surface area contributed by atoms with E-state index in [-0.39, 0.29) is 12.4 Å². The maximum Gasteiger partial charge on any atom is 0.150 e. The van der Waals surface area contributed by atoms with Crippen molar-refractivity contribution in [1.29, 1.82) is 0 Å². The first-order valence-corrected chi connectivity index (χ1v) is 5.69. The van der Waals surface area contributed by atoms with Crippen molar-refractivity contribution in [3.05, 3.63) is 41.9 Å². The van der Waals surface area contributed by atoms with Gasteiger partial charge >= 0.3 is 0 Å². The van der Waals surface area contributed by atoms with Crippen LogP contribution < -0.4 is 5.32 Å². The van der Waals surface area contributed by atoms with E-state index in [1.54, 1.807) is 0 Å². The van der Waals surface area contributed by atoms with Crippen molar-refractivity contribution in [3.63, 3.8) is 0 Å². The summed E-state index contributed by atoms with van der Waals surface area (Å²) in [7, 11) is 0. The molecule has 0 spiro atoms. The van der Waals surface area contributed by atoms with Crippen LogP contribution in [0, 0.1) is 0 Å². The van der Waals surface area contributed by atoms with E-state index in [4.69, 9.17) is 0 Å². The molecule has 0 bridgehead atoms. The van der Waals surface area contributed by atoms with E-state index in [1.165, 1.54) is 0 Å². The SMILES string of the molecule is Cl.O=Cc1ccc(-c2cnc3n2CCNC3)cc1. The van der Waals surface area contributed by atoms with Crippen LogP contribution in [0.4, 0.5) is 0 Å². The Morgan fingerprint density at radius 2 is 2.06 bits per heavy atom. The topological polar surface area (TPSA) is 46.9 Å². The van der Waals surface area contributed by atoms with Crippen molar-refractivity contribution in [1.82, 2.24) is 14.9 Å². The minimum Gasteiger partial charge on any atom is -0.326 e. The van der Waals surface area contributed by atoms with Gasteiger partial charge in [0.05, 0.1) is 18.4 Å². The van der Waals surface area contributed by atoms with Gasteiger partial charge in [0.1, 0.15) is 12.1 Å². The van der Waals surface area contributed by atoms with E-state index in [2.05, 4.69) is 14.9 Å². The first-order valence-electron chi connectivity index (χ1n) is 5.69. The molecule has 0 saturated carbocycles. The number of carbonyl (C=O) groups excluding carboxylic acids is 1. The van der Waals surface area contributed by atoms with E-state index in [0.29, 0.717) is 5.56 Å². The number of nitrogens with one attached hydrogen (secondary N) is 1. The number of rotatable bonds is 2. The maximum atomic E-state index is 10.6. The highest BCUT2D eigenvalue weighted by Gasteiger charge is 2.14. The van der Waals surface area contributed by atoms with E-state index in [9.17, 15) is 4.79 Å². The number of carbonyl (C=O) groups is 1. The summed E-state index contributed by atoms with van der Waals surface area (Å²) >= 11 is 0. The Kier molecular flexibility index (Phi) is 3.79. The van der Waals surface area contributed by atoms with Crippen molar-refractivity contribution in [2.24, 2.45) is 0 Å². The van der Waals surface area contributed by atoms with Gasteiger partial charge in [-0.1, -0.05) is 24.3 Å². The lowest BCUT2D eigenvalue weighted by Gasteiger charge is -2.17. The van der Waals surface area contributed by atoms with Crippen LogP contribution in [0.3, 0.4) is 0 Å². The minimum absolute atomic E-state index is 0. The van der Waals surface area contributed by atoms with E-state index >= 15 is 0 Å². The predicted octanol–water partition coefficient (Wildman–Crippen LogP) is 1.89. The molecule has 2 aromatic rings. The molecular weight excluding hydrogens is 250 g/mol. The van der Waals surface area contributed by atoms with E-state index in [1.807, 2.05) is 30.5 Å². The van der Waals surface area contributed by atoms with Crippen molar-refractivity contribution in [2.75, 3.05) is 6.54 Å². The second-order valence-electron chi connectivity index (χ2n) is 4.13. The molecule has 0 unspecified atom stereocenters. The molecule has 1 N–H and O–H groups in total. The molecule has 0 aliphatic carbocycles. The summed E-state index contributed by atoms with van der Waals surface area (Å²) in [4.78, 5) is 15.0. The first-order chi connectivity index (χ1) is 8.38. The lowest BCUT2D eigenvalue weighted by Crippen LogP contribution is -2.28. The Balaban J connectivity index is 0.00000120. The number of nitrogens with zero attached hydrogens (tertiary/aromatic N) is 2. The molecule has 1 aromatic carbocycles. The van der Waals surface area contributed by atoms with Gasteiger partial charge in [0, 0.05) is 18.7 Å². The van der Waals surface area contributed by atoms with Gasteiger partial charge in [0.2, 0.25) is 0 Å². The normalized spacial score (nSPS) is 13.6. The minimum atomic E-state index is 0. The number of halogens is 1. The largest absolute Gasteiger partial charge is 0.326 e. The molecule has 2 heterocycles. The van der Waals surface area contributed by atoms with E-state index in [0.717, 1.165) is 43.0 Å². The third-order valence-corrected chi connectivity index (χ3v) is 3.08. The summed E-state index contributed by atoms with van der Waals surface area (Å²) in [5.74, 6) is 1.07. The van der Waals surface area contributed by atoms with Crippen LogP contribution in [0.1, 0.15) is 16.2 Å². The summed E-state index contributed by atoms with van der Waals surface area (Å²) < 4.78 is 2.23. The second-order valence-corrected chi connectivity index (χ2v) is 4.13. The first kappa shape index (κ1) is 12.8. The lowest BCUT2D eigenvalue weighted by atomic mass is 10.1. The molecular formula is C13H14ClN3O. The Morgan fingerprint density at radius 3 is 2.78 bits per heavy atom. The van der Waals surface area contributed by atoms with Crippen LogP contribution in [0.15, 0.2) is 30.5 Å². The smallest absolute Gasteiger partial charge is 0.150 e. The monoisotopic (exact) mass is 263 g/mol. The van der Waals surface area contributed by atoms with Gasteiger partial charge < -0.3 is 9.88 Å². The number of aldehydes is 1. The van der Waals surface area contributed by atoms with Crippen LogP contribution in [0.25, 0.3) is 11.3 Å². The summed E-state index contributed by atoms with van der Waals surface area (Å²) in [6.45, 7) is 2.75. The molecule has 0 fully saturated rings. The summed E-state index contributed by atoms with van der Waals surface area (Å²) in [6, 6.07) is 7.61. The Hall–Kier alpha value is -1.65. The Labute approximate surface area is 111 Å². The summed E-state index contributed by atoms with van der Waals surface area (Å²) in [5, 5.41) is 3.29. The zero-order valence-corrected chi connectivity index (χ0v) is 10.6. The molecule has 0 atom stereocenters. The number of hydrogen-bond donors (Lipinski definition) is 1. The highest BCUT2D eigenvalue weighted by Crippen LogP contribution is 2.22. The molecule has 0 radical (unpaired) electrons. The number of hydrogen-bond acceptors (Lipinski definition) is 3. The molecule has 1 aliphatic heterocycles. The van der Waals surface area contributed by atoms with Gasteiger partial charge in [-0.2, -0.15) is 0 Å². The molecule has 0 amide bonds. The standard InChI is InChI=1S/C13H13N3O.ClH/c17-9-10-1-3-11(4-2-10)12-7-15-13-8-14-5-6-16(12)13;/h1-4,7,9,14H,5-6,8H2;1H. The van der Waals surface area contributed by atoms with Crippen LogP contribution in [-0.2, 0) is 13.1 Å². The van der Waals surface area contributed by atoms with Crippen LogP contribution in [0.5, 0.6) is 0 Å². The fourth-order valence-electron chi connectivity index (χ4n) is 2.16.